The molecule has 0 atom stereocenters. The van der Waals surface area contributed by atoms with Crippen molar-refractivity contribution in [3.63, 3.8) is 0 Å². The number of nitro benzene ring substituents is 1. The van der Waals surface area contributed by atoms with Crippen LogP contribution in [0.1, 0.15) is 24.8 Å². The third kappa shape index (κ3) is 4.21. The van der Waals surface area contributed by atoms with Crippen molar-refractivity contribution in [3.05, 3.63) is 33.9 Å². The number of nitrogens with zero attached hydrogens (tertiary/aromatic N) is 2. The molecule has 1 aromatic carbocycles. The first-order valence-corrected chi connectivity index (χ1v) is 6.71. The fourth-order valence-corrected chi connectivity index (χ4v) is 1.84. The molecule has 106 valence electrons. The Morgan fingerprint density at radius 3 is 2.95 bits per heavy atom. The lowest BCUT2D eigenvalue weighted by Crippen LogP contribution is -2.07. The Hall–Kier alpha value is -2.13. The van der Waals surface area contributed by atoms with Crippen LogP contribution in [0.25, 0.3) is 0 Å². The quantitative estimate of drug-likeness (QED) is 0.447. The van der Waals surface area contributed by atoms with E-state index in [-0.39, 0.29) is 11.3 Å². The molecule has 0 unspecified atom stereocenters. The van der Waals surface area contributed by atoms with Crippen LogP contribution < -0.4 is 5.32 Å². The molecule has 20 heavy (non-hydrogen) atoms. The molecule has 6 nitrogen and oxygen atoms in total. The highest BCUT2D eigenvalue weighted by atomic mass is 16.6. The molecule has 2 rings (SSSR count). The highest BCUT2D eigenvalue weighted by molar-refractivity contribution is 5.58. The van der Waals surface area contributed by atoms with E-state index in [0.29, 0.717) is 18.8 Å². The molecule has 0 amide bonds. The Balaban J connectivity index is 1.74. The van der Waals surface area contributed by atoms with E-state index in [1.54, 1.807) is 6.07 Å². The van der Waals surface area contributed by atoms with Gasteiger partial charge in [-0.3, -0.25) is 10.1 Å². The van der Waals surface area contributed by atoms with E-state index in [0.717, 1.165) is 18.9 Å². The second kappa shape index (κ2) is 6.87. The van der Waals surface area contributed by atoms with Crippen molar-refractivity contribution in [2.75, 3.05) is 25.1 Å². The smallest absolute Gasteiger partial charge is 0.287 e. The minimum atomic E-state index is -0.548. The van der Waals surface area contributed by atoms with Crippen LogP contribution >= 0.6 is 0 Å². The summed E-state index contributed by atoms with van der Waals surface area (Å²) < 4.78 is 5.51. The van der Waals surface area contributed by atoms with E-state index in [4.69, 9.17) is 10.00 Å². The van der Waals surface area contributed by atoms with Crippen LogP contribution in [0, 0.1) is 27.4 Å². The molecular formula is C14H17N3O3. The average molecular weight is 275 g/mol. The molecule has 1 aliphatic rings. The number of ether oxygens (including phenoxy) is 1. The molecular weight excluding hydrogens is 258 g/mol. The predicted octanol–water partition coefficient (Wildman–Crippen LogP) is 2.70. The number of benzene rings is 1. The summed E-state index contributed by atoms with van der Waals surface area (Å²) in [6.45, 7) is 2.28. The largest absolute Gasteiger partial charge is 0.385 e. The van der Waals surface area contributed by atoms with E-state index >= 15 is 0 Å². The van der Waals surface area contributed by atoms with Gasteiger partial charge in [-0.1, -0.05) is 0 Å². The average Bonchev–Trinajstić information content (AvgIpc) is 3.26. The van der Waals surface area contributed by atoms with Crippen molar-refractivity contribution < 1.29 is 9.66 Å². The van der Waals surface area contributed by atoms with Crippen molar-refractivity contribution in [1.29, 1.82) is 5.26 Å². The second-order valence-corrected chi connectivity index (χ2v) is 4.90. The molecule has 1 aromatic rings. The van der Waals surface area contributed by atoms with Crippen LogP contribution in [0.2, 0.25) is 0 Å². The van der Waals surface area contributed by atoms with Crippen LogP contribution in [0.4, 0.5) is 11.4 Å². The molecule has 0 spiro atoms. The monoisotopic (exact) mass is 275 g/mol. The number of anilines is 1. The molecule has 1 fully saturated rings. The Morgan fingerprint density at radius 2 is 2.30 bits per heavy atom. The highest BCUT2D eigenvalue weighted by Gasteiger charge is 2.20. The van der Waals surface area contributed by atoms with Gasteiger partial charge < -0.3 is 10.1 Å². The lowest BCUT2D eigenvalue weighted by Gasteiger charge is -2.07. The Kier molecular flexibility index (Phi) is 4.91. The third-order valence-corrected chi connectivity index (χ3v) is 3.16. The summed E-state index contributed by atoms with van der Waals surface area (Å²) in [5.41, 5.74) is 0.630. The summed E-state index contributed by atoms with van der Waals surface area (Å²) in [4.78, 5) is 10.2. The molecule has 0 aromatic heterocycles. The van der Waals surface area contributed by atoms with Crippen LogP contribution in [-0.2, 0) is 4.74 Å². The molecule has 1 N–H and O–H groups in total. The van der Waals surface area contributed by atoms with Crippen LogP contribution in [0.3, 0.4) is 0 Å². The fraction of sp³-hybridized carbons (Fsp3) is 0.500. The number of rotatable bonds is 8. The topological polar surface area (TPSA) is 88.2 Å². The van der Waals surface area contributed by atoms with Gasteiger partial charge in [0.2, 0.25) is 0 Å². The normalized spacial score (nSPS) is 13.8. The number of hydrogen-bond acceptors (Lipinski definition) is 5. The van der Waals surface area contributed by atoms with Crippen molar-refractivity contribution in [3.8, 4) is 6.07 Å². The molecule has 0 saturated heterocycles. The van der Waals surface area contributed by atoms with E-state index in [1.165, 1.54) is 25.0 Å². The second-order valence-electron chi connectivity index (χ2n) is 4.90. The third-order valence-electron chi connectivity index (χ3n) is 3.16. The SMILES string of the molecule is N#Cc1cc(NCCCOCC2CC2)ccc1[N+](=O)[O-]. The van der Waals surface area contributed by atoms with Crippen LogP contribution in [0.15, 0.2) is 18.2 Å². The molecule has 0 heterocycles. The highest BCUT2D eigenvalue weighted by Crippen LogP contribution is 2.28. The fourth-order valence-electron chi connectivity index (χ4n) is 1.84. The van der Waals surface area contributed by atoms with E-state index in [9.17, 15) is 10.1 Å². The Bertz CT molecular complexity index is 521. The number of nitrogens with one attached hydrogen (secondary N) is 1. The summed E-state index contributed by atoms with van der Waals surface area (Å²) in [6.07, 6.45) is 3.45. The van der Waals surface area contributed by atoms with Crippen LogP contribution in [0.5, 0.6) is 0 Å². The maximum absolute atomic E-state index is 10.7. The van der Waals surface area contributed by atoms with Gasteiger partial charge in [0.05, 0.1) is 4.92 Å². The predicted molar refractivity (Wildman–Crippen MR) is 74.5 cm³/mol. The summed E-state index contributed by atoms with van der Waals surface area (Å²) in [5.74, 6) is 0.774. The molecule has 0 aliphatic heterocycles. The minimum Gasteiger partial charge on any atom is -0.385 e. The van der Waals surface area contributed by atoms with Gasteiger partial charge in [0.1, 0.15) is 11.6 Å². The van der Waals surface area contributed by atoms with Gasteiger partial charge in [0.15, 0.2) is 0 Å². The lowest BCUT2D eigenvalue weighted by atomic mass is 10.1. The maximum Gasteiger partial charge on any atom is 0.287 e. The maximum atomic E-state index is 10.7. The first kappa shape index (κ1) is 14.3. The molecule has 1 saturated carbocycles. The first-order valence-electron chi connectivity index (χ1n) is 6.71. The first-order chi connectivity index (χ1) is 9.70. The van der Waals surface area contributed by atoms with Crippen molar-refractivity contribution >= 4 is 11.4 Å². The van der Waals surface area contributed by atoms with Gasteiger partial charge in [-0.15, -0.1) is 0 Å². The summed E-state index contributed by atoms with van der Waals surface area (Å²) in [7, 11) is 0. The van der Waals surface area contributed by atoms with E-state index < -0.39 is 4.92 Å². The van der Waals surface area contributed by atoms with Crippen LogP contribution in [-0.4, -0.2) is 24.7 Å². The number of nitro groups is 1. The van der Waals surface area contributed by atoms with Gasteiger partial charge in [-0.25, -0.2) is 0 Å². The minimum absolute atomic E-state index is 0.0741. The van der Waals surface area contributed by atoms with Gasteiger partial charge in [-0.05, 0) is 37.3 Å². The Labute approximate surface area is 117 Å². The Morgan fingerprint density at radius 1 is 1.50 bits per heavy atom. The zero-order chi connectivity index (χ0) is 14.4. The van der Waals surface area contributed by atoms with E-state index in [1.807, 2.05) is 6.07 Å². The molecule has 0 bridgehead atoms. The number of hydrogen-bond donors (Lipinski definition) is 1. The summed E-state index contributed by atoms with van der Waals surface area (Å²) in [6, 6.07) is 6.31. The molecule has 0 radical (unpaired) electrons. The standard InChI is InChI=1S/C14H17N3O3/c15-9-12-8-13(4-5-14(12)17(18)19)16-6-1-7-20-10-11-2-3-11/h4-5,8,11,16H,1-3,6-7,10H2. The van der Waals surface area contributed by atoms with Crippen molar-refractivity contribution in [2.24, 2.45) is 5.92 Å². The molecule has 1 aliphatic carbocycles. The zero-order valence-electron chi connectivity index (χ0n) is 11.2. The summed E-state index contributed by atoms with van der Waals surface area (Å²) >= 11 is 0. The zero-order valence-corrected chi connectivity index (χ0v) is 11.2. The van der Waals surface area contributed by atoms with Crippen molar-refractivity contribution in [2.45, 2.75) is 19.3 Å². The lowest BCUT2D eigenvalue weighted by molar-refractivity contribution is -0.385. The summed E-state index contributed by atoms with van der Waals surface area (Å²) in [5, 5.41) is 22.7. The van der Waals surface area contributed by atoms with Gasteiger partial charge in [0.25, 0.3) is 5.69 Å². The van der Waals surface area contributed by atoms with E-state index in [2.05, 4.69) is 5.32 Å². The van der Waals surface area contributed by atoms with Crippen molar-refractivity contribution in [1.82, 2.24) is 0 Å². The van der Waals surface area contributed by atoms with Gasteiger partial charge in [0, 0.05) is 31.5 Å². The molecule has 6 heteroatoms. The van der Waals surface area contributed by atoms with Gasteiger partial charge in [-0.2, -0.15) is 5.26 Å². The van der Waals surface area contributed by atoms with Gasteiger partial charge >= 0.3 is 0 Å². The number of nitriles is 1.